The zero-order valence-corrected chi connectivity index (χ0v) is 12.4. The van der Waals surface area contributed by atoms with Gasteiger partial charge < -0.3 is 9.84 Å². The van der Waals surface area contributed by atoms with E-state index in [1.807, 2.05) is 13.0 Å². The van der Waals surface area contributed by atoms with Crippen LogP contribution in [-0.2, 0) is 16.1 Å². The zero-order chi connectivity index (χ0) is 15.9. The van der Waals surface area contributed by atoms with Gasteiger partial charge in [-0.15, -0.1) is 0 Å². The molecule has 0 saturated carbocycles. The highest BCUT2D eigenvalue weighted by molar-refractivity contribution is 5.89. The Morgan fingerprint density at radius 3 is 2.23 bits per heavy atom. The van der Waals surface area contributed by atoms with Crippen LogP contribution in [0.25, 0.3) is 0 Å². The minimum atomic E-state index is -0.828. The quantitative estimate of drug-likeness (QED) is 0.827. The normalized spacial score (nSPS) is 11.7. The Morgan fingerprint density at radius 2 is 1.68 bits per heavy atom. The van der Waals surface area contributed by atoms with Crippen molar-refractivity contribution in [1.29, 1.82) is 0 Å². The molecule has 0 aliphatic heterocycles. The smallest absolute Gasteiger partial charge is 0.338 e. The molecule has 0 aliphatic carbocycles. The van der Waals surface area contributed by atoms with Crippen molar-refractivity contribution >= 4 is 11.9 Å². The molecular weight excluding hydrogens is 280 g/mol. The predicted octanol–water partition coefficient (Wildman–Crippen LogP) is 3.62. The van der Waals surface area contributed by atoms with Crippen molar-refractivity contribution in [1.82, 2.24) is 0 Å². The summed E-state index contributed by atoms with van der Waals surface area (Å²) < 4.78 is 5.23. The number of carboxylic acid groups (broad SMARTS) is 1. The highest BCUT2D eigenvalue weighted by atomic mass is 16.5. The average Bonchev–Trinajstić information content (AvgIpc) is 2.55. The van der Waals surface area contributed by atoms with E-state index in [-0.39, 0.29) is 12.6 Å². The van der Waals surface area contributed by atoms with Crippen molar-refractivity contribution in [3.8, 4) is 0 Å². The van der Waals surface area contributed by atoms with Gasteiger partial charge in [0.05, 0.1) is 11.5 Å². The second kappa shape index (κ2) is 7.41. The number of ether oxygens (including phenoxy) is 1. The van der Waals surface area contributed by atoms with Gasteiger partial charge >= 0.3 is 11.9 Å². The number of carboxylic acids is 1. The van der Waals surface area contributed by atoms with Crippen LogP contribution in [0.3, 0.4) is 0 Å². The molecule has 0 aliphatic rings. The maximum absolute atomic E-state index is 11.8. The van der Waals surface area contributed by atoms with E-state index in [1.165, 1.54) is 0 Å². The van der Waals surface area contributed by atoms with Gasteiger partial charge in [-0.2, -0.15) is 0 Å². The molecule has 4 heteroatoms. The van der Waals surface area contributed by atoms with Gasteiger partial charge in [0.1, 0.15) is 6.61 Å². The standard InChI is InChI=1S/C18H18O4/c1-2-16(17(19)20)14-10-8-13(9-11-14)12-22-18(21)15-6-4-3-5-7-15/h3-11,16H,2,12H2,1H3,(H,19,20)/t16-/m0/s1. The number of carbonyl (C=O) groups excluding carboxylic acids is 1. The number of hydrogen-bond donors (Lipinski definition) is 1. The van der Waals surface area contributed by atoms with Crippen molar-refractivity contribution in [2.45, 2.75) is 25.9 Å². The number of benzene rings is 2. The third kappa shape index (κ3) is 3.95. The van der Waals surface area contributed by atoms with E-state index in [4.69, 9.17) is 9.84 Å². The second-order valence-electron chi connectivity index (χ2n) is 4.98. The molecule has 0 unspecified atom stereocenters. The lowest BCUT2D eigenvalue weighted by Crippen LogP contribution is -2.10. The summed E-state index contributed by atoms with van der Waals surface area (Å²) in [5.74, 6) is -1.70. The Morgan fingerprint density at radius 1 is 1.05 bits per heavy atom. The van der Waals surface area contributed by atoms with Crippen molar-refractivity contribution in [3.63, 3.8) is 0 Å². The van der Waals surface area contributed by atoms with E-state index >= 15 is 0 Å². The monoisotopic (exact) mass is 298 g/mol. The molecule has 1 N–H and O–H groups in total. The molecule has 0 bridgehead atoms. The Bertz CT molecular complexity index is 632. The summed E-state index contributed by atoms with van der Waals surface area (Å²) in [5.41, 5.74) is 2.09. The molecule has 0 spiro atoms. The van der Waals surface area contributed by atoms with Crippen LogP contribution in [-0.4, -0.2) is 17.0 Å². The first-order chi connectivity index (χ1) is 10.6. The number of carbonyl (C=O) groups is 2. The number of rotatable bonds is 6. The van der Waals surface area contributed by atoms with Gasteiger partial charge in [-0.25, -0.2) is 4.79 Å². The van der Waals surface area contributed by atoms with Crippen LogP contribution in [0.4, 0.5) is 0 Å². The molecule has 0 heterocycles. The number of hydrogen-bond acceptors (Lipinski definition) is 3. The first-order valence-electron chi connectivity index (χ1n) is 7.15. The molecule has 114 valence electrons. The summed E-state index contributed by atoms with van der Waals surface area (Å²) in [4.78, 5) is 22.9. The Hall–Kier alpha value is -2.62. The van der Waals surface area contributed by atoms with Crippen LogP contribution in [0.15, 0.2) is 54.6 Å². The molecular formula is C18H18O4. The summed E-state index contributed by atoms with van der Waals surface area (Å²) in [6.45, 7) is 2.01. The number of aliphatic carboxylic acids is 1. The molecule has 0 aromatic heterocycles. The Kier molecular flexibility index (Phi) is 5.31. The molecule has 0 saturated heterocycles. The molecule has 2 aromatic rings. The molecule has 1 atom stereocenters. The topological polar surface area (TPSA) is 63.6 Å². The summed E-state index contributed by atoms with van der Waals surface area (Å²) in [5, 5.41) is 9.13. The maximum atomic E-state index is 11.8. The SMILES string of the molecule is CC[C@H](C(=O)O)c1ccc(COC(=O)c2ccccc2)cc1. The number of esters is 1. The van der Waals surface area contributed by atoms with Gasteiger partial charge in [-0.05, 0) is 29.7 Å². The van der Waals surface area contributed by atoms with Crippen LogP contribution in [0.2, 0.25) is 0 Å². The van der Waals surface area contributed by atoms with Crippen LogP contribution in [0.1, 0.15) is 40.7 Å². The van der Waals surface area contributed by atoms with Crippen molar-refractivity contribution in [2.24, 2.45) is 0 Å². The van der Waals surface area contributed by atoms with Crippen molar-refractivity contribution in [3.05, 3.63) is 71.3 Å². The van der Waals surface area contributed by atoms with Gasteiger partial charge in [0.15, 0.2) is 0 Å². The molecule has 2 rings (SSSR count). The van der Waals surface area contributed by atoms with Gasteiger partial charge in [0, 0.05) is 0 Å². The zero-order valence-electron chi connectivity index (χ0n) is 12.4. The predicted molar refractivity (Wildman–Crippen MR) is 82.7 cm³/mol. The Labute approximate surface area is 129 Å². The fourth-order valence-corrected chi connectivity index (χ4v) is 2.21. The third-order valence-electron chi connectivity index (χ3n) is 3.47. The van der Waals surface area contributed by atoms with E-state index in [0.717, 1.165) is 11.1 Å². The lowest BCUT2D eigenvalue weighted by molar-refractivity contribution is -0.138. The summed E-state index contributed by atoms with van der Waals surface area (Å²) in [6, 6.07) is 15.9. The van der Waals surface area contributed by atoms with E-state index in [9.17, 15) is 9.59 Å². The van der Waals surface area contributed by atoms with E-state index in [1.54, 1.807) is 48.5 Å². The second-order valence-corrected chi connectivity index (χ2v) is 4.98. The van der Waals surface area contributed by atoms with Crippen molar-refractivity contribution < 1.29 is 19.4 Å². The van der Waals surface area contributed by atoms with Gasteiger partial charge in [-0.1, -0.05) is 49.4 Å². The van der Waals surface area contributed by atoms with E-state index in [0.29, 0.717) is 12.0 Å². The largest absolute Gasteiger partial charge is 0.481 e. The fourth-order valence-electron chi connectivity index (χ4n) is 2.21. The highest BCUT2D eigenvalue weighted by Gasteiger charge is 2.17. The maximum Gasteiger partial charge on any atom is 0.338 e. The molecule has 22 heavy (non-hydrogen) atoms. The lowest BCUT2D eigenvalue weighted by atomic mass is 9.96. The first-order valence-corrected chi connectivity index (χ1v) is 7.15. The molecule has 2 aromatic carbocycles. The van der Waals surface area contributed by atoms with Gasteiger partial charge in [0.25, 0.3) is 0 Å². The van der Waals surface area contributed by atoms with Crippen LogP contribution in [0, 0.1) is 0 Å². The summed E-state index contributed by atoms with van der Waals surface area (Å²) in [7, 11) is 0. The fraction of sp³-hybridized carbons (Fsp3) is 0.222. The minimum Gasteiger partial charge on any atom is -0.481 e. The average molecular weight is 298 g/mol. The van der Waals surface area contributed by atoms with Crippen LogP contribution < -0.4 is 0 Å². The third-order valence-corrected chi connectivity index (χ3v) is 3.47. The van der Waals surface area contributed by atoms with Gasteiger partial charge in [-0.3, -0.25) is 4.79 Å². The van der Waals surface area contributed by atoms with Gasteiger partial charge in [0.2, 0.25) is 0 Å². The highest BCUT2D eigenvalue weighted by Crippen LogP contribution is 2.20. The Balaban J connectivity index is 1.97. The summed E-state index contributed by atoms with van der Waals surface area (Å²) >= 11 is 0. The van der Waals surface area contributed by atoms with Crippen LogP contribution in [0.5, 0.6) is 0 Å². The van der Waals surface area contributed by atoms with Crippen LogP contribution >= 0.6 is 0 Å². The van der Waals surface area contributed by atoms with Crippen molar-refractivity contribution in [2.75, 3.05) is 0 Å². The first kappa shape index (κ1) is 15.8. The van der Waals surface area contributed by atoms with E-state index < -0.39 is 11.9 Å². The van der Waals surface area contributed by atoms with E-state index in [2.05, 4.69) is 0 Å². The lowest BCUT2D eigenvalue weighted by Gasteiger charge is -2.11. The molecule has 0 radical (unpaired) electrons. The molecule has 4 nitrogen and oxygen atoms in total. The molecule has 0 amide bonds. The summed E-state index contributed by atoms with van der Waals surface area (Å²) in [6.07, 6.45) is 0.539. The molecule has 0 fully saturated rings. The minimum absolute atomic E-state index is 0.165.